The van der Waals surface area contributed by atoms with Gasteiger partial charge in [0.1, 0.15) is 17.4 Å². The standard InChI is InChI=1S/C33H38N6O3/c34-31(40)30(25-7-2-1-3-8-25)37-33(41)27-10-5-4-9-26(27)24-14-12-23(13-15-24)21-39-29(22-38-17-19-42-20-18-38)36-28-11-6-16-35-32(28)39/h1-3,6-8,11-16,26-27,30H,4-5,9-10,17-22H2,(H2,34,40)(H,37,41). The van der Waals surface area contributed by atoms with Gasteiger partial charge in [0.05, 0.1) is 26.3 Å². The summed E-state index contributed by atoms with van der Waals surface area (Å²) in [5.41, 5.74) is 10.5. The smallest absolute Gasteiger partial charge is 0.244 e. The van der Waals surface area contributed by atoms with Crippen LogP contribution in [0, 0.1) is 5.92 Å². The maximum Gasteiger partial charge on any atom is 0.244 e. The minimum Gasteiger partial charge on any atom is -0.379 e. The van der Waals surface area contributed by atoms with Crippen molar-refractivity contribution in [3.05, 3.63) is 95.4 Å². The van der Waals surface area contributed by atoms with E-state index in [1.54, 1.807) is 0 Å². The third-order valence-electron chi connectivity index (χ3n) is 8.61. The molecule has 2 amide bonds. The zero-order valence-corrected chi connectivity index (χ0v) is 23.8. The number of rotatable bonds is 9. The van der Waals surface area contributed by atoms with Crippen LogP contribution in [0.25, 0.3) is 11.2 Å². The summed E-state index contributed by atoms with van der Waals surface area (Å²) in [4.78, 5) is 37.7. The topological polar surface area (TPSA) is 115 Å². The number of primary amides is 1. The van der Waals surface area contributed by atoms with E-state index in [0.29, 0.717) is 12.1 Å². The van der Waals surface area contributed by atoms with Crippen LogP contribution in [0.5, 0.6) is 0 Å². The van der Waals surface area contributed by atoms with E-state index in [-0.39, 0.29) is 17.7 Å². The molecule has 0 bridgehead atoms. The highest BCUT2D eigenvalue weighted by molar-refractivity contribution is 5.89. The van der Waals surface area contributed by atoms with Crippen molar-refractivity contribution in [2.45, 2.75) is 50.7 Å². The average molecular weight is 567 g/mol. The summed E-state index contributed by atoms with van der Waals surface area (Å²) in [5, 5.41) is 2.96. The van der Waals surface area contributed by atoms with Crippen LogP contribution >= 0.6 is 0 Å². The molecule has 4 aromatic rings. The average Bonchev–Trinajstić information content (AvgIpc) is 3.37. The molecule has 3 N–H and O–H groups in total. The summed E-state index contributed by atoms with van der Waals surface area (Å²) >= 11 is 0. The largest absolute Gasteiger partial charge is 0.379 e. The summed E-state index contributed by atoms with van der Waals surface area (Å²) in [7, 11) is 0. The maximum atomic E-state index is 13.5. The molecular formula is C33H38N6O3. The van der Waals surface area contributed by atoms with Crippen LogP contribution in [-0.2, 0) is 27.4 Å². The molecule has 3 unspecified atom stereocenters. The van der Waals surface area contributed by atoms with Crippen molar-refractivity contribution in [3.63, 3.8) is 0 Å². The summed E-state index contributed by atoms with van der Waals surface area (Å²) in [6, 6.07) is 20.9. The van der Waals surface area contributed by atoms with E-state index in [0.717, 1.165) is 86.6 Å². The lowest BCUT2D eigenvalue weighted by atomic mass is 9.74. The van der Waals surface area contributed by atoms with Crippen molar-refractivity contribution in [3.8, 4) is 0 Å². The van der Waals surface area contributed by atoms with E-state index < -0.39 is 11.9 Å². The van der Waals surface area contributed by atoms with Gasteiger partial charge in [-0.1, -0.05) is 67.4 Å². The third kappa shape index (κ3) is 6.22. The Kier molecular flexibility index (Phi) is 8.58. The molecule has 218 valence electrons. The second kappa shape index (κ2) is 12.8. The number of pyridine rings is 1. The van der Waals surface area contributed by atoms with E-state index in [9.17, 15) is 9.59 Å². The van der Waals surface area contributed by atoms with E-state index in [2.05, 4.69) is 44.0 Å². The summed E-state index contributed by atoms with van der Waals surface area (Å²) < 4.78 is 7.74. The van der Waals surface area contributed by atoms with Gasteiger partial charge in [-0.3, -0.25) is 14.5 Å². The number of hydrogen-bond acceptors (Lipinski definition) is 6. The molecule has 0 spiro atoms. The van der Waals surface area contributed by atoms with Crippen LogP contribution in [0.15, 0.2) is 72.9 Å². The highest BCUT2D eigenvalue weighted by Gasteiger charge is 2.34. The van der Waals surface area contributed by atoms with Gasteiger partial charge in [-0.25, -0.2) is 9.97 Å². The number of imidazole rings is 1. The number of nitrogens with one attached hydrogen (secondary N) is 1. The number of nitrogens with two attached hydrogens (primary N) is 1. The first-order valence-electron chi connectivity index (χ1n) is 14.9. The second-order valence-corrected chi connectivity index (χ2v) is 11.3. The summed E-state index contributed by atoms with van der Waals surface area (Å²) in [5.74, 6) is 0.212. The number of benzene rings is 2. The fourth-order valence-electron chi connectivity index (χ4n) is 6.36. The van der Waals surface area contributed by atoms with Crippen LogP contribution in [0.3, 0.4) is 0 Å². The molecule has 1 saturated heterocycles. The molecule has 1 aliphatic carbocycles. The number of aromatic nitrogens is 3. The molecule has 1 aliphatic heterocycles. The normalized spacial score (nSPS) is 20.3. The van der Waals surface area contributed by atoms with E-state index in [4.69, 9.17) is 15.5 Å². The number of ether oxygens (including phenoxy) is 1. The molecule has 3 heterocycles. The monoisotopic (exact) mass is 566 g/mol. The molecule has 1 saturated carbocycles. The first-order chi connectivity index (χ1) is 20.6. The Morgan fingerprint density at radius 3 is 2.48 bits per heavy atom. The van der Waals surface area contributed by atoms with Crippen molar-refractivity contribution in [1.29, 1.82) is 0 Å². The SMILES string of the molecule is NC(=O)C(NC(=O)C1CCCCC1c1ccc(Cn2c(CN3CCOCC3)nc3cccnc32)cc1)c1ccccc1. The van der Waals surface area contributed by atoms with E-state index >= 15 is 0 Å². The molecule has 9 heteroatoms. The summed E-state index contributed by atoms with van der Waals surface area (Å²) in [6.45, 7) is 4.70. The van der Waals surface area contributed by atoms with E-state index in [1.807, 2.05) is 48.7 Å². The lowest BCUT2D eigenvalue weighted by molar-refractivity contribution is -0.131. The summed E-state index contributed by atoms with van der Waals surface area (Å²) in [6.07, 6.45) is 5.61. The number of fused-ring (bicyclic) bond motifs is 1. The van der Waals surface area contributed by atoms with Gasteiger partial charge in [0, 0.05) is 25.2 Å². The van der Waals surface area contributed by atoms with Gasteiger partial charge >= 0.3 is 0 Å². The fraction of sp³-hybridized carbons (Fsp3) is 0.394. The quantitative estimate of drug-likeness (QED) is 0.317. The Balaban J connectivity index is 1.19. The predicted octanol–water partition coefficient (Wildman–Crippen LogP) is 3.93. The first-order valence-corrected chi connectivity index (χ1v) is 14.9. The molecule has 2 fully saturated rings. The van der Waals surface area contributed by atoms with Crippen molar-refractivity contribution >= 4 is 23.0 Å². The fourth-order valence-corrected chi connectivity index (χ4v) is 6.36. The van der Waals surface area contributed by atoms with Crippen LogP contribution in [0.4, 0.5) is 0 Å². The number of hydrogen-bond donors (Lipinski definition) is 2. The molecule has 6 rings (SSSR count). The maximum absolute atomic E-state index is 13.5. The Hall–Kier alpha value is -4.08. The molecule has 0 radical (unpaired) electrons. The zero-order valence-electron chi connectivity index (χ0n) is 23.8. The lowest BCUT2D eigenvalue weighted by Crippen LogP contribution is -2.42. The lowest BCUT2D eigenvalue weighted by Gasteiger charge is -2.32. The van der Waals surface area contributed by atoms with Crippen LogP contribution in [-0.4, -0.2) is 57.6 Å². The number of carbonyl (C=O) groups excluding carboxylic acids is 2. The van der Waals surface area contributed by atoms with Gasteiger partial charge in [0.15, 0.2) is 5.65 Å². The van der Waals surface area contributed by atoms with Crippen LogP contribution in [0.2, 0.25) is 0 Å². The molecule has 3 atom stereocenters. The zero-order chi connectivity index (χ0) is 28.9. The molecule has 42 heavy (non-hydrogen) atoms. The van der Waals surface area contributed by atoms with Gasteiger partial charge < -0.3 is 20.4 Å². The van der Waals surface area contributed by atoms with E-state index in [1.165, 1.54) is 0 Å². The van der Waals surface area contributed by atoms with Gasteiger partial charge in [-0.05, 0) is 47.6 Å². The van der Waals surface area contributed by atoms with Crippen LogP contribution < -0.4 is 11.1 Å². The molecule has 2 aromatic heterocycles. The molecule has 2 aromatic carbocycles. The Labute approximate surface area is 246 Å². The number of nitrogens with zero attached hydrogens (tertiary/aromatic N) is 4. The number of morpholine rings is 1. The van der Waals surface area contributed by atoms with Crippen molar-refractivity contribution < 1.29 is 14.3 Å². The Morgan fingerprint density at radius 2 is 1.71 bits per heavy atom. The van der Waals surface area contributed by atoms with Gasteiger partial charge in [-0.15, -0.1) is 0 Å². The molecular weight excluding hydrogens is 528 g/mol. The number of carbonyl (C=O) groups is 2. The van der Waals surface area contributed by atoms with Gasteiger partial charge in [0.25, 0.3) is 0 Å². The highest BCUT2D eigenvalue weighted by Crippen LogP contribution is 2.38. The molecule has 2 aliphatic rings. The Morgan fingerprint density at radius 1 is 0.952 bits per heavy atom. The minimum atomic E-state index is -0.839. The first kappa shape index (κ1) is 28.1. The van der Waals surface area contributed by atoms with Crippen molar-refractivity contribution in [1.82, 2.24) is 24.8 Å². The van der Waals surface area contributed by atoms with Crippen molar-refractivity contribution in [2.75, 3.05) is 26.3 Å². The molecule has 9 nitrogen and oxygen atoms in total. The Bertz CT molecular complexity index is 1510. The number of amides is 2. The minimum absolute atomic E-state index is 0.0877. The van der Waals surface area contributed by atoms with Crippen molar-refractivity contribution in [2.24, 2.45) is 11.7 Å². The van der Waals surface area contributed by atoms with Crippen LogP contribution in [0.1, 0.15) is 60.2 Å². The predicted molar refractivity (Wildman–Crippen MR) is 160 cm³/mol. The third-order valence-corrected chi connectivity index (χ3v) is 8.61. The second-order valence-electron chi connectivity index (χ2n) is 11.3. The van der Waals surface area contributed by atoms with Gasteiger partial charge in [0.2, 0.25) is 11.8 Å². The highest BCUT2D eigenvalue weighted by atomic mass is 16.5. The van der Waals surface area contributed by atoms with Gasteiger partial charge in [-0.2, -0.15) is 0 Å².